The van der Waals surface area contributed by atoms with Crippen LogP contribution in [0.2, 0.25) is 0 Å². The zero-order chi connectivity index (χ0) is 12.3. The van der Waals surface area contributed by atoms with Crippen LogP contribution in [0.1, 0.15) is 32.6 Å². The summed E-state index contributed by atoms with van der Waals surface area (Å²) >= 11 is 0. The first-order valence-electron chi connectivity index (χ1n) is 6.07. The van der Waals surface area contributed by atoms with Gasteiger partial charge in [-0.1, -0.05) is 0 Å². The minimum Gasteiger partial charge on any atom is -0.368 e. The average Bonchev–Trinajstić information content (AvgIpc) is 2.98. The normalized spacial score (nSPS) is 17.4. The van der Waals surface area contributed by atoms with Gasteiger partial charge >= 0.3 is 0 Å². The molecule has 1 atom stereocenters. The first-order chi connectivity index (χ1) is 8.20. The monoisotopic (exact) mass is 230 g/mol. The SMILES string of the molecule is CC(C)[N+]1=Cc2cccn2C1C.c1cc[nH]c1. The minimum atomic E-state index is 0.481. The molecule has 1 aliphatic heterocycles. The van der Waals surface area contributed by atoms with E-state index in [1.165, 1.54) is 5.69 Å². The molecule has 0 fully saturated rings. The Hall–Kier alpha value is -1.77. The molecule has 3 rings (SSSR count). The van der Waals surface area contributed by atoms with E-state index < -0.39 is 0 Å². The van der Waals surface area contributed by atoms with Crippen LogP contribution in [0.3, 0.4) is 0 Å². The van der Waals surface area contributed by atoms with E-state index in [1.807, 2.05) is 24.5 Å². The Morgan fingerprint density at radius 3 is 2.41 bits per heavy atom. The summed E-state index contributed by atoms with van der Waals surface area (Å²) < 4.78 is 4.66. The van der Waals surface area contributed by atoms with Crippen molar-refractivity contribution >= 4 is 6.21 Å². The largest absolute Gasteiger partial charge is 0.368 e. The molecule has 0 spiro atoms. The Morgan fingerprint density at radius 1 is 1.24 bits per heavy atom. The van der Waals surface area contributed by atoms with Crippen molar-refractivity contribution in [1.29, 1.82) is 0 Å². The van der Waals surface area contributed by atoms with Gasteiger partial charge in [-0.3, -0.25) is 4.57 Å². The van der Waals surface area contributed by atoms with Crippen LogP contribution in [-0.2, 0) is 0 Å². The van der Waals surface area contributed by atoms with Gasteiger partial charge in [0.25, 0.3) is 0 Å². The Labute approximate surface area is 102 Å². The zero-order valence-corrected chi connectivity index (χ0v) is 10.7. The lowest BCUT2D eigenvalue weighted by Gasteiger charge is -2.10. The molecule has 90 valence electrons. The highest BCUT2D eigenvalue weighted by Gasteiger charge is 2.27. The lowest BCUT2D eigenvalue weighted by Crippen LogP contribution is -2.22. The highest BCUT2D eigenvalue weighted by molar-refractivity contribution is 5.74. The smallest absolute Gasteiger partial charge is 0.229 e. The standard InChI is InChI=1S/C10H15N2.C4H5N/c1-8(2)12-7-10-5-4-6-11(10)9(12)3;1-2-4-5-3-1/h4-9H,1-3H3;1-5H/q+1;. The summed E-state index contributed by atoms with van der Waals surface area (Å²) in [6.45, 7) is 6.67. The molecule has 0 amide bonds. The number of aromatic amines is 1. The summed E-state index contributed by atoms with van der Waals surface area (Å²) in [5.74, 6) is 0. The summed E-state index contributed by atoms with van der Waals surface area (Å²) in [6.07, 6.45) is 8.60. The van der Waals surface area contributed by atoms with Gasteiger partial charge in [-0.2, -0.15) is 0 Å². The lowest BCUT2D eigenvalue weighted by molar-refractivity contribution is -0.602. The van der Waals surface area contributed by atoms with Crippen molar-refractivity contribution in [3.63, 3.8) is 0 Å². The van der Waals surface area contributed by atoms with Crippen molar-refractivity contribution < 1.29 is 4.58 Å². The Balaban J connectivity index is 0.000000181. The second kappa shape index (κ2) is 5.04. The van der Waals surface area contributed by atoms with E-state index in [2.05, 4.69) is 59.4 Å². The van der Waals surface area contributed by atoms with Gasteiger partial charge in [0.1, 0.15) is 11.7 Å². The molecular weight excluding hydrogens is 210 g/mol. The third-order valence-electron chi connectivity index (χ3n) is 3.02. The molecule has 0 bridgehead atoms. The average molecular weight is 230 g/mol. The van der Waals surface area contributed by atoms with Crippen LogP contribution >= 0.6 is 0 Å². The van der Waals surface area contributed by atoms with Gasteiger partial charge < -0.3 is 4.98 Å². The van der Waals surface area contributed by atoms with E-state index in [9.17, 15) is 0 Å². The van der Waals surface area contributed by atoms with Gasteiger partial charge in [0.05, 0.1) is 0 Å². The first-order valence-corrected chi connectivity index (χ1v) is 6.07. The topological polar surface area (TPSA) is 23.7 Å². The van der Waals surface area contributed by atoms with E-state index in [1.54, 1.807) is 0 Å². The Bertz CT molecular complexity index is 460. The number of nitrogens with zero attached hydrogens (tertiary/aromatic N) is 2. The second-order valence-electron chi connectivity index (χ2n) is 4.53. The van der Waals surface area contributed by atoms with Gasteiger partial charge in [-0.05, 0) is 38.1 Å². The summed E-state index contributed by atoms with van der Waals surface area (Å²) in [7, 11) is 0. The van der Waals surface area contributed by atoms with Crippen LogP contribution in [0.5, 0.6) is 0 Å². The molecule has 3 heteroatoms. The van der Waals surface area contributed by atoms with E-state index in [0.717, 1.165) is 0 Å². The second-order valence-corrected chi connectivity index (χ2v) is 4.53. The van der Waals surface area contributed by atoms with E-state index >= 15 is 0 Å². The van der Waals surface area contributed by atoms with Crippen molar-refractivity contribution in [3.05, 3.63) is 48.5 Å². The van der Waals surface area contributed by atoms with E-state index in [-0.39, 0.29) is 0 Å². The van der Waals surface area contributed by atoms with Gasteiger partial charge in [0.15, 0.2) is 6.21 Å². The van der Waals surface area contributed by atoms with Crippen LogP contribution in [-0.4, -0.2) is 26.4 Å². The third kappa shape index (κ3) is 2.49. The summed E-state index contributed by atoms with van der Waals surface area (Å²) in [4.78, 5) is 2.86. The number of rotatable bonds is 1. The highest BCUT2D eigenvalue weighted by atomic mass is 15.3. The summed E-state index contributed by atoms with van der Waals surface area (Å²) in [6, 6.07) is 8.72. The zero-order valence-electron chi connectivity index (χ0n) is 10.7. The number of hydrogen-bond donors (Lipinski definition) is 1. The number of H-pyrrole nitrogens is 1. The molecule has 0 aromatic carbocycles. The lowest BCUT2D eigenvalue weighted by atomic mass is 10.3. The van der Waals surface area contributed by atoms with Crippen LogP contribution in [0, 0.1) is 0 Å². The molecule has 2 aromatic rings. The van der Waals surface area contributed by atoms with Crippen molar-refractivity contribution in [2.75, 3.05) is 0 Å². The molecule has 3 heterocycles. The van der Waals surface area contributed by atoms with Crippen LogP contribution in [0.15, 0.2) is 42.9 Å². The van der Waals surface area contributed by atoms with Gasteiger partial charge in [0.2, 0.25) is 6.17 Å². The van der Waals surface area contributed by atoms with Crippen LogP contribution in [0.4, 0.5) is 0 Å². The quantitative estimate of drug-likeness (QED) is 0.728. The highest BCUT2D eigenvalue weighted by Crippen LogP contribution is 2.19. The predicted molar refractivity (Wildman–Crippen MR) is 70.5 cm³/mol. The molecular formula is C14H20N3+. The van der Waals surface area contributed by atoms with Gasteiger partial charge in [0, 0.05) is 25.5 Å². The predicted octanol–water partition coefficient (Wildman–Crippen LogP) is 2.87. The Kier molecular flexibility index (Phi) is 3.47. The number of nitrogens with one attached hydrogen (secondary N) is 1. The van der Waals surface area contributed by atoms with Gasteiger partial charge in [-0.15, -0.1) is 0 Å². The molecule has 0 saturated heterocycles. The van der Waals surface area contributed by atoms with Crippen molar-refractivity contribution in [3.8, 4) is 0 Å². The van der Waals surface area contributed by atoms with E-state index in [4.69, 9.17) is 0 Å². The molecule has 1 unspecified atom stereocenters. The Morgan fingerprint density at radius 2 is 1.94 bits per heavy atom. The molecule has 1 N–H and O–H groups in total. The van der Waals surface area contributed by atoms with Gasteiger partial charge in [-0.25, -0.2) is 4.58 Å². The number of hydrogen-bond acceptors (Lipinski definition) is 0. The van der Waals surface area contributed by atoms with Crippen molar-refractivity contribution in [1.82, 2.24) is 9.55 Å². The molecule has 0 saturated carbocycles. The molecule has 2 aromatic heterocycles. The van der Waals surface area contributed by atoms with Crippen molar-refractivity contribution in [2.45, 2.75) is 33.0 Å². The fraction of sp³-hybridized carbons (Fsp3) is 0.357. The summed E-state index contributed by atoms with van der Waals surface area (Å²) in [5, 5.41) is 0. The third-order valence-corrected chi connectivity index (χ3v) is 3.02. The molecule has 0 aliphatic carbocycles. The minimum absolute atomic E-state index is 0.481. The van der Waals surface area contributed by atoms with Crippen LogP contribution < -0.4 is 0 Å². The van der Waals surface area contributed by atoms with Crippen molar-refractivity contribution in [2.24, 2.45) is 0 Å². The van der Waals surface area contributed by atoms with Crippen LogP contribution in [0.25, 0.3) is 0 Å². The van der Waals surface area contributed by atoms with E-state index in [0.29, 0.717) is 12.2 Å². The maximum absolute atomic E-state index is 2.86. The molecule has 17 heavy (non-hydrogen) atoms. The first kappa shape index (κ1) is 11.7. The fourth-order valence-electron chi connectivity index (χ4n) is 2.12. The number of fused-ring (bicyclic) bond motifs is 1. The molecule has 3 nitrogen and oxygen atoms in total. The number of aromatic nitrogens is 2. The maximum atomic E-state index is 2.86. The maximum Gasteiger partial charge on any atom is 0.229 e. The summed E-state index contributed by atoms with van der Waals surface area (Å²) in [5.41, 5.74) is 1.32. The molecule has 1 aliphatic rings. The fourth-order valence-corrected chi connectivity index (χ4v) is 2.12. The molecule has 0 radical (unpaired) electrons.